The van der Waals surface area contributed by atoms with Crippen molar-refractivity contribution in [3.05, 3.63) is 58.6 Å². The summed E-state index contributed by atoms with van der Waals surface area (Å²) in [6, 6.07) is 11.7. The van der Waals surface area contributed by atoms with Gasteiger partial charge < -0.3 is 20.1 Å². The van der Waals surface area contributed by atoms with E-state index in [1.165, 1.54) is 19.2 Å². The lowest BCUT2D eigenvalue weighted by Crippen LogP contribution is -2.28. The SMILES string of the molecule is COC(=O)c1cc(NC(=O)NCc2cccc(OC(C)C)c2)ccc1Cl. The molecule has 0 aromatic heterocycles. The van der Waals surface area contributed by atoms with Gasteiger partial charge in [0.05, 0.1) is 23.8 Å². The van der Waals surface area contributed by atoms with Crippen LogP contribution in [0.2, 0.25) is 5.02 Å². The van der Waals surface area contributed by atoms with Gasteiger partial charge in [-0.2, -0.15) is 0 Å². The third-order valence-electron chi connectivity index (χ3n) is 3.35. The summed E-state index contributed by atoms with van der Waals surface area (Å²) in [5, 5.41) is 5.66. The Morgan fingerprint density at radius 2 is 1.92 bits per heavy atom. The van der Waals surface area contributed by atoms with Gasteiger partial charge in [-0.1, -0.05) is 23.7 Å². The summed E-state index contributed by atoms with van der Waals surface area (Å²) < 4.78 is 10.3. The van der Waals surface area contributed by atoms with Gasteiger partial charge in [-0.3, -0.25) is 0 Å². The van der Waals surface area contributed by atoms with Crippen LogP contribution in [0.3, 0.4) is 0 Å². The molecular formula is C19H21ClN2O4. The zero-order valence-corrected chi connectivity index (χ0v) is 15.6. The summed E-state index contributed by atoms with van der Waals surface area (Å²) in [6.07, 6.45) is 0.0791. The summed E-state index contributed by atoms with van der Waals surface area (Å²) in [5.74, 6) is 0.182. The second-order valence-corrected chi connectivity index (χ2v) is 6.22. The lowest BCUT2D eigenvalue weighted by Gasteiger charge is -2.12. The minimum Gasteiger partial charge on any atom is -0.491 e. The van der Waals surface area contributed by atoms with Gasteiger partial charge in [0.2, 0.25) is 0 Å². The zero-order valence-electron chi connectivity index (χ0n) is 14.8. The van der Waals surface area contributed by atoms with Crippen LogP contribution in [0.15, 0.2) is 42.5 Å². The molecular weight excluding hydrogens is 356 g/mol. The van der Waals surface area contributed by atoms with Gasteiger partial charge in [0.25, 0.3) is 0 Å². The molecule has 0 bridgehead atoms. The van der Waals surface area contributed by atoms with Crippen molar-refractivity contribution in [1.29, 1.82) is 0 Å². The molecule has 0 atom stereocenters. The second kappa shape index (κ2) is 9.10. The molecule has 0 aliphatic rings. The van der Waals surface area contributed by atoms with Gasteiger partial charge >= 0.3 is 12.0 Å². The summed E-state index contributed by atoms with van der Waals surface area (Å²) in [5.41, 5.74) is 1.53. The number of halogens is 1. The first-order valence-corrected chi connectivity index (χ1v) is 8.45. The number of nitrogens with one attached hydrogen (secondary N) is 2. The molecule has 138 valence electrons. The van der Waals surface area contributed by atoms with Crippen LogP contribution in [0, 0.1) is 0 Å². The number of methoxy groups -OCH3 is 1. The Labute approximate surface area is 157 Å². The monoisotopic (exact) mass is 376 g/mol. The summed E-state index contributed by atoms with van der Waals surface area (Å²) in [7, 11) is 1.27. The first-order chi connectivity index (χ1) is 12.4. The molecule has 2 aromatic rings. The van der Waals surface area contributed by atoms with Gasteiger partial charge in [-0.15, -0.1) is 0 Å². The smallest absolute Gasteiger partial charge is 0.339 e. The number of urea groups is 1. The van der Waals surface area contributed by atoms with E-state index in [0.717, 1.165) is 11.3 Å². The fourth-order valence-corrected chi connectivity index (χ4v) is 2.42. The van der Waals surface area contributed by atoms with Gasteiger partial charge in [-0.25, -0.2) is 9.59 Å². The maximum Gasteiger partial charge on any atom is 0.339 e. The normalized spacial score (nSPS) is 10.3. The van der Waals surface area contributed by atoms with Crippen molar-refractivity contribution in [2.45, 2.75) is 26.5 Å². The highest BCUT2D eigenvalue weighted by Gasteiger charge is 2.12. The Bertz CT molecular complexity index is 793. The Morgan fingerprint density at radius 1 is 1.15 bits per heavy atom. The first-order valence-electron chi connectivity index (χ1n) is 8.07. The van der Waals surface area contributed by atoms with Crippen LogP contribution in [0.5, 0.6) is 5.75 Å². The van der Waals surface area contributed by atoms with E-state index in [1.807, 2.05) is 38.1 Å². The summed E-state index contributed by atoms with van der Waals surface area (Å²) in [6.45, 7) is 4.23. The number of esters is 1. The van der Waals surface area contributed by atoms with Crippen LogP contribution in [-0.4, -0.2) is 25.2 Å². The number of amides is 2. The average Bonchev–Trinajstić information content (AvgIpc) is 2.60. The molecule has 7 heteroatoms. The Kier molecular flexibility index (Phi) is 6.86. The standard InChI is InChI=1S/C19H21ClN2O4/c1-12(2)26-15-6-4-5-13(9-15)11-21-19(24)22-14-7-8-17(20)16(10-14)18(23)25-3/h4-10,12H,11H2,1-3H3,(H2,21,22,24). The Morgan fingerprint density at radius 3 is 2.62 bits per heavy atom. The van der Waals surface area contributed by atoms with E-state index < -0.39 is 12.0 Å². The average molecular weight is 377 g/mol. The highest BCUT2D eigenvalue weighted by molar-refractivity contribution is 6.33. The molecule has 6 nitrogen and oxygen atoms in total. The second-order valence-electron chi connectivity index (χ2n) is 5.81. The molecule has 0 saturated carbocycles. The number of hydrogen-bond donors (Lipinski definition) is 2. The molecule has 0 heterocycles. The van der Waals surface area contributed by atoms with Crippen LogP contribution in [0.4, 0.5) is 10.5 Å². The Balaban J connectivity index is 1.96. The molecule has 26 heavy (non-hydrogen) atoms. The molecule has 2 amide bonds. The number of carbonyl (C=O) groups is 2. The van der Waals surface area contributed by atoms with Crippen molar-refractivity contribution in [2.75, 3.05) is 12.4 Å². The largest absolute Gasteiger partial charge is 0.491 e. The topological polar surface area (TPSA) is 76.7 Å². The maximum absolute atomic E-state index is 12.1. The van der Waals surface area contributed by atoms with Crippen LogP contribution in [0.25, 0.3) is 0 Å². The van der Waals surface area contributed by atoms with E-state index in [4.69, 9.17) is 16.3 Å². The van der Waals surface area contributed by atoms with Crippen molar-refractivity contribution in [2.24, 2.45) is 0 Å². The molecule has 0 aliphatic heterocycles. The quantitative estimate of drug-likeness (QED) is 0.739. The van der Waals surface area contributed by atoms with E-state index >= 15 is 0 Å². The van der Waals surface area contributed by atoms with Gasteiger partial charge in [0.1, 0.15) is 5.75 Å². The third kappa shape index (κ3) is 5.67. The molecule has 0 fully saturated rings. The molecule has 0 aliphatic carbocycles. The molecule has 0 saturated heterocycles. The summed E-state index contributed by atoms with van der Waals surface area (Å²) >= 11 is 5.96. The van der Waals surface area contributed by atoms with Crippen molar-refractivity contribution in [1.82, 2.24) is 5.32 Å². The molecule has 0 radical (unpaired) electrons. The van der Waals surface area contributed by atoms with E-state index in [0.29, 0.717) is 12.2 Å². The van der Waals surface area contributed by atoms with Crippen LogP contribution in [0.1, 0.15) is 29.8 Å². The summed E-state index contributed by atoms with van der Waals surface area (Å²) in [4.78, 5) is 23.7. The number of ether oxygens (including phenoxy) is 2. The molecule has 0 unspecified atom stereocenters. The van der Waals surface area contributed by atoms with E-state index in [2.05, 4.69) is 15.4 Å². The lowest BCUT2D eigenvalue weighted by atomic mass is 10.2. The molecule has 2 aromatic carbocycles. The highest BCUT2D eigenvalue weighted by Crippen LogP contribution is 2.21. The molecule has 0 spiro atoms. The molecule has 2 N–H and O–H groups in total. The fraction of sp³-hybridized carbons (Fsp3) is 0.263. The minimum atomic E-state index is -0.568. The van der Waals surface area contributed by atoms with E-state index in [1.54, 1.807) is 6.07 Å². The van der Waals surface area contributed by atoms with E-state index in [9.17, 15) is 9.59 Å². The van der Waals surface area contributed by atoms with Gasteiger partial charge in [0, 0.05) is 12.2 Å². The maximum atomic E-state index is 12.1. The van der Waals surface area contributed by atoms with E-state index in [-0.39, 0.29) is 16.7 Å². The number of carbonyl (C=O) groups excluding carboxylic acids is 2. The third-order valence-corrected chi connectivity index (χ3v) is 3.68. The minimum absolute atomic E-state index is 0.0791. The molecule has 2 rings (SSSR count). The number of hydrogen-bond acceptors (Lipinski definition) is 4. The predicted octanol–water partition coefficient (Wildman–Crippen LogP) is 4.24. The Hall–Kier alpha value is -2.73. The fourth-order valence-electron chi connectivity index (χ4n) is 2.23. The van der Waals surface area contributed by atoms with Crippen LogP contribution >= 0.6 is 11.6 Å². The van der Waals surface area contributed by atoms with Crippen molar-refractivity contribution in [3.8, 4) is 5.75 Å². The van der Waals surface area contributed by atoms with Crippen LogP contribution in [-0.2, 0) is 11.3 Å². The number of benzene rings is 2. The van der Waals surface area contributed by atoms with Crippen molar-refractivity contribution in [3.63, 3.8) is 0 Å². The number of anilines is 1. The van der Waals surface area contributed by atoms with Gasteiger partial charge in [0.15, 0.2) is 0 Å². The van der Waals surface area contributed by atoms with Gasteiger partial charge in [-0.05, 0) is 49.7 Å². The van der Waals surface area contributed by atoms with Crippen molar-refractivity contribution < 1.29 is 19.1 Å². The lowest BCUT2D eigenvalue weighted by molar-refractivity contribution is 0.0601. The van der Waals surface area contributed by atoms with Crippen LogP contribution < -0.4 is 15.4 Å². The number of rotatable bonds is 6. The highest BCUT2D eigenvalue weighted by atomic mass is 35.5. The van der Waals surface area contributed by atoms with Crippen molar-refractivity contribution >= 4 is 29.3 Å². The first kappa shape index (κ1) is 19.6. The predicted molar refractivity (Wildman–Crippen MR) is 101 cm³/mol. The zero-order chi connectivity index (χ0) is 19.1.